The van der Waals surface area contributed by atoms with Gasteiger partial charge in [-0.3, -0.25) is 0 Å². The predicted molar refractivity (Wildman–Crippen MR) is 57.6 cm³/mol. The van der Waals surface area contributed by atoms with E-state index in [2.05, 4.69) is 40.3 Å². The lowest BCUT2D eigenvalue weighted by atomic mass is 10.1. The first-order valence-electron chi connectivity index (χ1n) is 4.33. The van der Waals surface area contributed by atoms with Crippen LogP contribution in [0.5, 0.6) is 0 Å². The molecule has 3 heteroatoms. The van der Waals surface area contributed by atoms with Crippen molar-refractivity contribution in [1.29, 1.82) is 0 Å². The second kappa shape index (κ2) is 5.37. The molecule has 1 aromatic carbocycles. The van der Waals surface area contributed by atoms with Gasteiger partial charge in [-0.15, -0.1) is 0 Å². The van der Waals surface area contributed by atoms with E-state index in [0.29, 0.717) is 12.6 Å². The molecule has 0 saturated carbocycles. The molecule has 0 saturated heterocycles. The van der Waals surface area contributed by atoms with Crippen LogP contribution in [0.3, 0.4) is 0 Å². The van der Waals surface area contributed by atoms with Crippen LogP contribution in [0.25, 0.3) is 0 Å². The van der Waals surface area contributed by atoms with Gasteiger partial charge in [-0.1, -0.05) is 28.1 Å². The normalized spacial score (nSPS) is 12.8. The highest BCUT2D eigenvalue weighted by Crippen LogP contribution is 2.15. The smallest absolute Gasteiger partial charge is 0.0556 e. The summed E-state index contributed by atoms with van der Waals surface area (Å²) in [5, 5.41) is 11.8. The monoisotopic (exact) mass is 243 g/mol. The Morgan fingerprint density at radius 2 is 2.00 bits per heavy atom. The summed E-state index contributed by atoms with van der Waals surface area (Å²) >= 11 is 3.39. The third-order valence-corrected chi connectivity index (χ3v) is 2.46. The molecule has 0 heterocycles. The van der Waals surface area contributed by atoms with E-state index in [1.165, 1.54) is 5.56 Å². The fourth-order valence-electron chi connectivity index (χ4n) is 1.15. The highest BCUT2D eigenvalue weighted by molar-refractivity contribution is 9.10. The average molecular weight is 244 g/mol. The van der Waals surface area contributed by atoms with Gasteiger partial charge in [-0.05, 0) is 24.6 Å². The van der Waals surface area contributed by atoms with Gasteiger partial charge in [0.25, 0.3) is 0 Å². The zero-order valence-electron chi connectivity index (χ0n) is 7.63. The van der Waals surface area contributed by atoms with Crippen LogP contribution in [0.1, 0.15) is 18.5 Å². The van der Waals surface area contributed by atoms with Crippen LogP contribution in [-0.4, -0.2) is 18.3 Å². The molecule has 0 unspecified atom stereocenters. The Kier molecular flexibility index (Phi) is 4.42. The minimum absolute atomic E-state index is 0.181. The first-order valence-corrected chi connectivity index (χ1v) is 5.13. The van der Waals surface area contributed by atoms with Crippen LogP contribution in [-0.2, 0) is 0 Å². The fourth-order valence-corrected chi connectivity index (χ4v) is 1.41. The van der Waals surface area contributed by atoms with E-state index >= 15 is 0 Å². The lowest BCUT2D eigenvalue weighted by Gasteiger charge is -2.12. The van der Waals surface area contributed by atoms with Gasteiger partial charge >= 0.3 is 0 Å². The lowest BCUT2D eigenvalue weighted by molar-refractivity contribution is 0.286. The summed E-state index contributed by atoms with van der Waals surface area (Å²) in [6, 6.07) is 8.47. The number of hydrogen-bond acceptors (Lipinski definition) is 2. The molecule has 1 aromatic rings. The van der Waals surface area contributed by atoms with Crippen molar-refractivity contribution in [2.75, 3.05) is 13.2 Å². The molecule has 0 fully saturated rings. The number of nitrogens with one attached hydrogen (secondary N) is 1. The highest BCUT2D eigenvalue weighted by Gasteiger charge is 2.02. The number of aliphatic hydroxyl groups excluding tert-OH is 1. The maximum Gasteiger partial charge on any atom is 0.0556 e. The van der Waals surface area contributed by atoms with Gasteiger partial charge in [-0.2, -0.15) is 0 Å². The molecular formula is C10H14BrNO. The molecule has 72 valence electrons. The summed E-state index contributed by atoms with van der Waals surface area (Å²) in [7, 11) is 0. The number of hydrogen-bond donors (Lipinski definition) is 2. The van der Waals surface area contributed by atoms with Crippen LogP contribution in [0, 0.1) is 0 Å². The van der Waals surface area contributed by atoms with E-state index < -0.39 is 0 Å². The molecule has 0 aliphatic heterocycles. The van der Waals surface area contributed by atoms with E-state index in [1.807, 2.05) is 12.1 Å². The molecule has 0 aromatic heterocycles. The Morgan fingerprint density at radius 1 is 1.38 bits per heavy atom. The zero-order valence-corrected chi connectivity index (χ0v) is 9.21. The van der Waals surface area contributed by atoms with E-state index in [4.69, 9.17) is 5.11 Å². The molecule has 1 rings (SSSR count). The molecular weight excluding hydrogens is 230 g/mol. The predicted octanol–water partition coefficient (Wildman–Crippen LogP) is 2.09. The number of aliphatic hydroxyl groups is 1. The van der Waals surface area contributed by atoms with E-state index in [-0.39, 0.29) is 6.61 Å². The summed E-state index contributed by atoms with van der Waals surface area (Å²) in [4.78, 5) is 0. The summed E-state index contributed by atoms with van der Waals surface area (Å²) in [6.45, 7) is 2.90. The molecule has 1 atom stereocenters. The van der Waals surface area contributed by atoms with Gasteiger partial charge in [0.05, 0.1) is 6.61 Å². The molecule has 0 bridgehead atoms. The Bertz CT molecular complexity index is 248. The largest absolute Gasteiger partial charge is 0.395 e. The molecule has 2 nitrogen and oxygen atoms in total. The van der Waals surface area contributed by atoms with Crippen LogP contribution < -0.4 is 5.32 Å². The van der Waals surface area contributed by atoms with E-state index in [9.17, 15) is 0 Å². The Labute approximate surface area is 87.1 Å². The van der Waals surface area contributed by atoms with Gasteiger partial charge in [0.2, 0.25) is 0 Å². The van der Waals surface area contributed by atoms with E-state index in [1.54, 1.807) is 0 Å². The van der Waals surface area contributed by atoms with Gasteiger partial charge in [0.1, 0.15) is 0 Å². The topological polar surface area (TPSA) is 32.3 Å². The summed E-state index contributed by atoms with van der Waals surface area (Å²) < 4.78 is 1.09. The number of benzene rings is 1. The van der Waals surface area contributed by atoms with Crippen molar-refractivity contribution >= 4 is 15.9 Å². The molecule has 0 amide bonds. The minimum atomic E-state index is 0.181. The molecule has 0 radical (unpaired) electrons. The Balaban J connectivity index is 2.55. The van der Waals surface area contributed by atoms with Gasteiger partial charge in [0, 0.05) is 17.1 Å². The van der Waals surface area contributed by atoms with Crippen molar-refractivity contribution in [3.8, 4) is 0 Å². The number of halogens is 1. The van der Waals surface area contributed by atoms with Crippen molar-refractivity contribution in [1.82, 2.24) is 5.32 Å². The molecule has 2 N–H and O–H groups in total. The quantitative estimate of drug-likeness (QED) is 0.850. The summed E-state index contributed by atoms with van der Waals surface area (Å²) in [6.07, 6.45) is 0. The zero-order chi connectivity index (χ0) is 9.68. The molecule has 0 aliphatic carbocycles. The minimum Gasteiger partial charge on any atom is -0.395 e. The highest BCUT2D eigenvalue weighted by atomic mass is 79.9. The van der Waals surface area contributed by atoms with Gasteiger partial charge < -0.3 is 10.4 Å². The maximum absolute atomic E-state index is 8.64. The molecule has 0 aliphatic rings. The third kappa shape index (κ3) is 3.46. The lowest BCUT2D eigenvalue weighted by Crippen LogP contribution is -2.21. The van der Waals surface area contributed by atoms with Crippen molar-refractivity contribution in [2.45, 2.75) is 13.0 Å². The first-order chi connectivity index (χ1) is 6.24. The van der Waals surface area contributed by atoms with Gasteiger partial charge in [-0.25, -0.2) is 0 Å². The van der Waals surface area contributed by atoms with Gasteiger partial charge in [0.15, 0.2) is 0 Å². The van der Waals surface area contributed by atoms with Crippen LogP contribution in [0.4, 0.5) is 0 Å². The maximum atomic E-state index is 8.64. The second-order valence-electron chi connectivity index (χ2n) is 2.95. The van der Waals surface area contributed by atoms with Crippen LogP contribution >= 0.6 is 15.9 Å². The Morgan fingerprint density at radius 3 is 2.54 bits per heavy atom. The Hall–Kier alpha value is -0.380. The van der Waals surface area contributed by atoms with Crippen molar-refractivity contribution in [3.05, 3.63) is 34.3 Å². The molecule has 0 spiro atoms. The second-order valence-corrected chi connectivity index (χ2v) is 3.87. The molecule has 13 heavy (non-hydrogen) atoms. The standard InChI is InChI=1S/C10H14BrNO/c1-8(12-6-7-13)9-2-4-10(11)5-3-9/h2-5,8,12-13H,6-7H2,1H3/t8-/m1/s1. The van der Waals surface area contributed by atoms with Crippen LogP contribution in [0.2, 0.25) is 0 Å². The van der Waals surface area contributed by atoms with Crippen molar-refractivity contribution < 1.29 is 5.11 Å². The van der Waals surface area contributed by atoms with Crippen LogP contribution in [0.15, 0.2) is 28.7 Å². The van der Waals surface area contributed by atoms with Crippen molar-refractivity contribution in [2.24, 2.45) is 0 Å². The fraction of sp³-hybridized carbons (Fsp3) is 0.400. The van der Waals surface area contributed by atoms with E-state index in [0.717, 1.165) is 4.47 Å². The average Bonchev–Trinajstić information content (AvgIpc) is 2.15. The SMILES string of the molecule is C[C@@H](NCCO)c1ccc(Br)cc1. The third-order valence-electron chi connectivity index (χ3n) is 1.93. The number of rotatable bonds is 4. The summed E-state index contributed by atoms with van der Waals surface area (Å²) in [5.41, 5.74) is 1.23. The van der Waals surface area contributed by atoms with Crippen molar-refractivity contribution in [3.63, 3.8) is 0 Å². The first kappa shape index (κ1) is 10.7. The summed E-state index contributed by atoms with van der Waals surface area (Å²) in [5.74, 6) is 0.